The molecule has 1 aliphatic rings. The van der Waals surface area contributed by atoms with Crippen molar-refractivity contribution in [2.45, 2.75) is 24.3 Å². The van der Waals surface area contributed by atoms with Crippen LogP contribution in [0.4, 0.5) is 14.5 Å². The Labute approximate surface area is 116 Å². The van der Waals surface area contributed by atoms with Crippen molar-refractivity contribution < 1.29 is 22.3 Å². The molecule has 1 aromatic rings. The highest BCUT2D eigenvalue weighted by atomic mass is 32.2. The van der Waals surface area contributed by atoms with E-state index in [4.69, 9.17) is 5.73 Å². The standard InChI is InChI=1S/C12H16F2N2O3S/c1-7(17)8-4-5-16(6-8)20(18,19)10-3-2-9(13)12(15)11(10)14/h2-3,7-8,17H,4-6,15H2,1H3. The largest absolute Gasteiger partial charge is 0.394 e. The van der Waals surface area contributed by atoms with Gasteiger partial charge in [-0.2, -0.15) is 4.31 Å². The summed E-state index contributed by atoms with van der Waals surface area (Å²) in [6.07, 6.45) is -0.145. The van der Waals surface area contributed by atoms with Crippen LogP contribution in [0.5, 0.6) is 0 Å². The summed E-state index contributed by atoms with van der Waals surface area (Å²) >= 11 is 0. The van der Waals surface area contributed by atoms with Gasteiger partial charge in [0.2, 0.25) is 10.0 Å². The van der Waals surface area contributed by atoms with Crippen LogP contribution in [-0.2, 0) is 10.0 Å². The van der Waals surface area contributed by atoms with Crippen molar-refractivity contribution in [1.29, 1.82) is 0 Å². The van der Waals surface area contributed by atoms with Crippen molar-refractivity contribution in [2.75, 3.05) is 18.8 Å². The Bertz CT molecular complexity index is 619. The molecule has 0 bridgehead atoms. The summed E-state index contributed by atoms with van der Waals surface area (Å²) in [7, 11) is -4.07. The minimum absolute atomic E-state index is 0.108. The molecule has 0 amide bonds. The summed E-state index contributed by atoms with van der Waals surface area (Å²) in [4.78, 5) is -0.636. The maximum Gasteiger partial charge on any atom is 0.246 e. The number of aliphatic hydroxyl groups is 1. The Morgan fingerprint density at radius 3 is 2.65 bits per heavy atom. The fraction of sp³-hybridized carbons (Fsp3) is 0.500. The van der Waals surface area contributed by atoms with E-state index in [1.54, 1.807) is 6.92 Å². The lowest BCUT2D eigenvalue weighted by atomic mass is 10.0. The highest BCUT2D eigenvalue weighted by Gasteiger charge is 2.36. The van der Waals surface area contributed by atoms with E-state index >= 15 is 0 Å². The zero-order valence-corrected chi connectivity index (χ0v) is 11.7. The van der Waals surface area contributed by atoms with Gasteiger partial charge in [-0.25, -0.2) is 17.2 Å². The zero-order chi connectivity index (χ0) is 15.1. The first-order valence-corrected chi connectivity index (χ1v) is 7.61. The number of aliphatic hydroxyl groups excluding tert-OH is 1. The van der Waals surface area contributed by atoms with Gasteiger partial charge in [0.25, 0.3) is 0 Å². The van der Waals surface area contributed by atoms with Crippen LogP contribution in [0.1, 0.15) is 13.3 Å². The van der Waals surface area contributed by atoms with Crippen molar-refractivity contribution in [3.63, 3.8) is 0 Å². The monoisotopic (exact) mass is 306 g/mol. The number of nitrogen functional groups attached to an aromatic ring is 1. The SMILES string of the molecule is CC(O)C1CCN(S(=O)(=O)c2ccc(F)c(N)c2F)C1. The summed E-state index contributed by atoms with van der Waals surface area (Å²) in [5.74, 6) is -2.46. The first kappa shape index (κ1) is 15.1. The summed E-state index contributed by atoms with van der Waals surface area (Å²) in [6.45, 7) is 1.88. The number of nitrogens with two attached hydrogens (primary N) is 1. The smallest absolute Gasteiger partial charge is 0.246 e. The van der Waals surface area contributed by atoms with Gasteiger partial charge in [-0.05, 0) is 31.4 Å². The second kappa shape index (κ2) is 5.27. The molecule has 1 saturated heterocycles. The number of nitrogens with zero attached hydrogens (tertiary/aromatic N) is 1. The summed E-state index contributed by atoms with van der Waals surface area (Å²) in [5.41, 5.74) is 4.37. The highest BCUT2D eigenvalue weighted by Crippen LogP contribution is 2.29. The van der Waals surface area contributed by atoms with E-state index in [0.29, 0.717) is 6.42 Å². The summed E-state index contributed by atoms with van der Waals surface area (Å²) < 4.78 is 52.6. The molecule has 1 heterocycles. The van der Waals surface area contributed by atoms with Crippen molar-refractivity contribution in [1.82, 2.24) is 4.31 Å². The minimum Gasteiger partial charge on any atom is -0.394 e. The Kier molecular flexibility index (Phi) is 3.99. The third-order valence-corrected chi connectivity index (χ3v) is 5.46. The van der Waals surface area contributed by atoms with Crippen LogP contribution in [0.3, 0.4) is 0 Å². The molecule has 5 nitrogen and oxygen atoms in total. The topological polar surface area (TPSA) is 83.6 Å². The predicted octanol–water partition coefficient (Wildman–Crippen LogP) is 0.938. The Morgan fingerprint density at radius 1 is 1.45 bits per heavy atom. The first-order valence-electron chi connectivity index (χ1n) is 6.17. The lowest BCUT2D eigenvalue weighted by molar-refractivity contribution is 0.133. The van der Waals surface area contributed by atoms with Crippen molar-refractivity contribution in [2.24, 2.45) is 5.92 Å². The van der Waals surface area contributed by atoms with E-state index in [-0.39, 0.29) is 19.0 Å². The molecule has 0 saturated carbocycles. The Morgan fingerprint density at radius 2 is 2.10 bits per heavy atom. The van der Waals surface area contributed by atoms with Crippen molar-refractivity contribution in [3.8, 4) is 0 Å². The van der Waals surface area contributed by atoms with Gasteiger partial charge in [0.05, 0.1) is 6.10 Å². The van der Waals surface area contributed by atoms with Gasteiger partial charge < -0.3 is 10.8 Å². The zero-order valence-electron chi connectivity index (χ0n) is 10.9. The molecule has 2 rings (SSSR count). The number of hydrogen-bond donors (Lipinski definition) is 2. The molecular weight excluding hydrogens is 290 g/mol. The molecule has 2 atom stereocenters. The molecule has 1 fully saturated rings. The predicted molar refractivity (Wildman–Crippen MR) is 69.3 cm³/mol. The van der Waals surface area contributed by atoms with Gasteiger partial charge in [-0.3, -0.25) is 0 Å². The Hall–Kier alpha value is -1.25. The molecule has 0 aliphatic carbocycles. The van der Waals surface area contributed by atoms with E-state index in [0.717, 1.165) is 16.4 Å². The number of rotatable bonds is 3. The molecule has 2 unspecified atom stereocenters. The van der Waals surface area contributed by atoms with Crippen LogP contribution in [-0.4, -0.2) is 37.0 Å². The molecule has 8 heteroatoms. The Balaban J connectivity index is 2.35. The number of benzene rings is 1. The van der Waals surface area contributed by atoms with Gasteiger partial charge in [0, 0.05) is 13.1 Å². The van der Waals surface area contributed by atoms with Gasteiger partial charge in [0.1, 0.15) is 16.4 Å². The van der Waals surface area contributed by atoms with Crippen LogP contribution in [0.2, 0.25) is 0 Å². The first-order chi connectivity index (χ1) is 9.25. The van der Waals surface area contributed by atoms with Crippen molar-refractivity contribution in [3.05, 3.63) is 23.8 Å². The molecule has 1 aromatic carbocycles. The number of halogens is 2. The molecule has 20 heavy (non-hydrogen) atoms. The molecule has 112 valence electrons. The summed E-state index contributed by atoms with van der Waals surface area (Å²) in [6, 6.07) is 1.69. The van der Waals surface area contributed by atoms with Crippen LogP contribution in [0.25, 0.3) is 0 Å². The molecule has 0 aromatic heterocycles. The molecule has 1 aliphatic heterocycles. The maximum atomic E-state index is 13.8. The normalized spacial score (nSPS) is 22.1. The maximum absolute atomic E-state index is 13.8. The average Bonchev–Trinajstić information content (AvgIpc) is 2.86. The third kappa shape index (κ3) is 2.50. The lowest BCUT2D eigenvalue weighted by Gasteiger charge is -2.18. The fourth-order valence-electron chi connectivity index (χ4n) is 2.25. The van der Waals surface area contributed by atoms with E-state index in [9.17, 15) is 22.3 Å². The van der Waals surface area contributed by atoms with E-state index in [2.05, 4.69) is 0 Å². The number of hydrogen-bond acceptors (Lipinski definition) is 4. The average molecular weight is 306 g/mol. The van der Waals surface area contributed by atoms with E-state index in [1.165, 1.54) is 0 Å². The van der Waals surface area contributed by atoms with Gasteiger partial charge >= 0.3 is 0 Å². The van der Waals surface area contributed by atoms with Crippen LogP contribution >= 0.6 is 0 Å². The molecule has 0 spiro atoms. The lowest BCUT2D eigenvalue weighted by Crippen LogP contribution is -2.31. The quantitative estimate of drug-likeness (QED) is 0.814. The second-order valence-electron chi connectivity index (χ2n) is 4.93. The van der Waals surface area contributed by atoms with Gasteiger partial charge in [-0.1, -0.05) is 0 Å². The fourth-order valence-corrected chi connectivity index (χ4v) is 3.84. The van der Waals surface area contributed by atoms with E-state index < -0.39 is 38.3 Å². The highest BCUT2D eigenvalue weighted by molar-refractivity contribution is 7.89. The van der Waals surface area contributed by atoms with Crippen LogP contribution in [0, 0.1) is 17.6 Å². The molecular formula is C12H16F2N2O3S. The third-order valence-electron chi connectivity index (χ3n) is 3.58. The van der Waals surface area contributed by atoms with Gasteiger partial charge in [-0.15, -0.1) is 0 Å². The number of anilines is 1. The molecule has 3 N–H and O–H groups in total. The van der Waals surface area contributed by atoms with Crippen LogP contribution < -0.4 is 5.73 Å². The van der Waals surface area contributed by atoms with Gasteiger partial charge in [0.15, 0.2) is 5.82 Å². The minimum atomic E-state index is -4.07. The van der Waals surface area contributed by atoms with Crippen molar-refractivity contribution >= 4 is 15.7 Å². The second-order valence-corrected chi connectivity index (χ2v) is 6.83. The molecule has 0 radical (unpaired) electrons. The number of sulfonamides is 1. The van der Waals surface area contributed by atoms with E-state index in [1.807, 2.05) is 0 Å². The summed E-state index contributed by atoms with van der Waals surface area (Å²) in [5, 5.41) is 9.48. The van der Waals surface area contributed by atoms with Crippen LogP contribution in [0.15, 0.2) is 17.0 Å².